The standard InChI is InChI=1S/C16H21N3O3/c1-4-10(3)13(16(21)22)18-15(20)14-11(5-2)17-12-8-6-7-9-19(12)14/h6-10,13H,4-5H2,1-3H3,(H,18,20)(H,21,22). The normalized spacial score (nSPS) is 13.8. The second-order valence-corrected chi connectivity index (χ2v) is 5.36. The molecule has 2 aromatic heterocycles. The van der Waals surface area contributed by atoms with Crippen LogP contribution in [0.3, 0.4) is 0 Å². The van der Waals surface area contributed by atoms with Gasteiger partial charge in [0.15, 0.2) is 0 Å². The number of carbonyl (C=O) groups excluding carboxylic acids is 1. The van der Waals surface area contributed by atoms with Crippen molar-refractivity contribution >= 4 is 17.5 Å². The van der Waals surface area contributed by atoms with Crippen LogP contribution in [0.1, 0.15) is 43.4 Å². The molecule has 2 atom stereocenters. The zero-order valence-electron chi connectivity index (χ0n) is 13.0. The molecule has 0 aliphatic rings. The Morgan fingerprint density at radius 3 is 2.68 bits per heavy atom. The van der Waals surface area contributed by atoms with Crippen LogP contribution in [0.4, 0.5) is 0 Å². The molecule has 2 unspecified atom stereocenters. The number of aliphatic carboxylic acids is 1. The van der Waals surface area contributed by atoms with Crippen molar-refractivity contribution in [3.8, 4) is 0 Å². The Balaban J connectivity index is 2.38. The van der Waals surface area contributed by atoms with Gasteiger partial charge in [0.1, 0.15) is 17.4 Å². The summed E-state index contributed by atoms with van der Waals surface area (Å²) in [6.07, 6.45) is 3.03. The highest BCUT2D eigenvalue weighted by atomic mass is 16.4. The van der Waals surface area contributed by atoms with Crippen molar-refractivity contribution in [1.82, 2.24) is 14.7 Å². The fourth-order valence-electron chi connectivity index (χ4n) is 2.42. The van der Waals surface area contributed by atoms with Gasteiger partial charge in [0.05, 0.1) is 5.69 Å². The molecule has 0 saturated carbocycles. The Bertz CT molecular complexity index is 693. The fraction of sp³-hybridized carbons (Fsp3) is 0.438. The molecule has 2 heterocycles. The maximum Gasteiger partial charge on any atom is 0.326 e. The lowest BCUT2D eigenvalue weighted by atomic mass is 9.99. The van der Waals surface area contributed by atoms with Crippen LogP contribution in [0.15, 0.2) is 24.4 Å². The third-order valence-corrected chi connectivity index (χ3v) is 3.92. The molecule has 6 heteroatoms. The number of nitrogens with zero attached hydrogens (tertiary/aromatic N) is 2. The molecule has 2 N–H and O–H groups in total. The van der Waals surface area contributed by atoms with E-state index in [0.717, 1.165) is 0 Å². The molecule has 1 amide bonds. The Kier molecular flexibility index (Phi) is 4.80. The number of carboxylic acids is 1. The highest BCUT2D eigenvalue weighted by Crippen LogP contribution is 2.15. The molecule has 6 nitrogen and oxygen atoms in total. The zero-order chi connectivity index (χ0) is 16.3. The average Bonchev–Trinajstić information content (AvgIpc) is 2.89. The molecule has 0 aromatic carbocycles. The van der Waals surface area contributed by atoms with Crippen LogP contribution < -0.4 is 5.32 Å². The Labute approximate surface area is 129 Å². The lowest BCUT2D eigenvalue weighted by Crippen LogP contribution is -2.45. The highest BCUT2D eigenvalue weighted by molar-refractivity contribution is 5.97. The van der Waals surface area contributed by atoms with E-state index in [-0.39, 0.29) is 5.92 Å². The molecule has 0 fully saturated rings. The highest BCUT2D eigenvalue weighted by Gasteiger charge is 2.28. The summed E-state index contributed by atoms with van der Waals surface area (Å²) in [4.78, 5) is 28.4. The number of hydrogen-bond acceptors (Lipinski definition) is 3. The van der Waals surface area contributed by atoms with Crippen LogP contribution in [0.25, 0.3) is 5.65 Å². The number of aromatic nitrogens is 2. The predicted molar refractivity (Wildman–Crippen MR) is 82.9 cm³/mol. The Morgan fingerprint density at radius 1 is 1.36 bits per heavy atom. The molecule has 0 aliphatic heterocycles. The minimum atomic E-state index is -1.02. The predicted octanol–water partition coefficient (Wildman–Crippen LogP) is 2.13. The van der Waals surface area contributed by atoms with Gasteiger partial charge in [-0.2, -0.15) is 0 Å². The zero-order valence-corrected chi connectivity index (χ0v) is 13.0. The Morgan fingerprint density at radius 2 is 2.09 bits per heavy atom. The van der Waals surface area contributed by atoms with E-state index in [1.165, 1.54) is 0 Å². The molecular formula is C16H21N3O3. The van der Waals surface area contributed by atoms with Crippen molar-refractivity contribution in [1.29, 1.82) is 0 Å². The number of carbonyl (C=O) groups is 2. The molecule has 2 aromatic rings. The molecule has 0 radical (unpaired) electrons. The first kappa shape index (κ1) is 16.0. The summed E-state index contributed by atoms with van der Waals surface area (Å²) in [6.45, 7) is 5.63. The van der Waals surface area contributed by atoms with Gasteiger partial charge in [-0.05, 0) is 24.5 Å². The molecule has 0 saturated heterocycles. The number of amides is 1. The number of nitrogens with one attached hydrogen (secondary N) is 1. The number of carboxylic acid groups (broad SMARTS) is 1. The van der Waals surface area contributed by atoms with Gasteiger partial charge >= 0.3 is 5.97 Å². The largest absolute Gasteiger partial charge is 0.480 e. The van der Waals surface area contributed by atoms with E-state index in [4.69, 9.17) is 0 Å². The van der Waals surface area contributed by atoms with E-state index in [1.807, 2.05) is 39.0 Å². The summed E-state index contributed by atoms with van der Waals surface area (Å²) in [5.74, 6) is -1.57. The van der Waals surface area contributed by atoms with Crippen LogP contribution in [0.5, 0.6) is 0 Å². The Hall–Kier alpha value is -2.37. The number of aryl methyl sites for hydroxylation is 1. The number of pyridine rings is 1. The van der Waals surface area contributed by atoms with Crippen molar-refractivity contribution < 1.29 is 14.7 Å². The molecule has 0 aliphatic carbocycles. The summed E-state index contributed by atoms with van der Waals surface area (Å²) in [5.41, 5.74) is 1.75. The fourth-order valence-corrected chi connectivity index (χ4v) is 2.42. The van der Waals surface area contributed by atoms with Crippen molar-refractivity contribution in [2.45, 2.75) is 39.7 Å². The second-order valence-electron chi connectivity index (χ2n) is 5.36. The first-order chi connectivity index (χ1) is 10.5. The molecular weight excluding hydrogens is 282 g/mol. The second kappa shape index (κ2) is 6.60. The molecule has 0 bridgehead atoms. The van der Waals surface area contributed by atoms with Crippen LogP contribution in [0.2, 0.25) is 0 Å². The van der Waals surface area contributed by atoms with Gasteiger partial charge in [-0.1, -0.05) is 33.3 Å². The summed E-state index contributed by atoms with van der Waals surface area (Å²) in [6, 6.07) is 4.58. The van der Waals surface area contributed by atoms with Gasteiger partial charge in [0.2, 0.25) is 0 Å². The summed E-state index contributed by atoms with van der Waals surface area (Å²) >= 11 is 0. The lowest BCUT2D eigenvalue weighted by molar-refractivity contribution is -0.140. The monoisotopic (exact) mass is 303 g/mol. The third-order valence-electron chi connectivity index (χ3n) is 3.92. The molecule has 0 spiro atoms. The van der Waals surface area contributed by atoms with Crippen molar-refractivity contribution in [3.05, 3.63) is 35.8 Å². The van der Waals surface area contributed by atoms with Crippen LogP contribution >= 0.6 is 0 Å². The van der Waals surface area contributed by atoms with Crippen LogP contribution in [-0.4, -0.2) is 32.4 Å². The van der Waals surface area contributed by atoms with Gasteiger partial charge in [-0.3, -0.25) is 9.20 Å². The van der Waals surface area contributed by atoms with Gasteiger partial charge in [0, 0.05) is 6.20 Å². The minimum absolute atomic E-state index is 0.147. The maximum atomic E-state index is 12.6. The lowest BCUT2D eigenvalue weighted by Gasteiger charge is -2.20. The molecule has 22 heavy (non-hydrogen) atoms. The van der Waals surface area contributed by atoms with Crippen LogP contribution in [0, 0.1) is 5.92 Å². The minimum Gasteiger partial charge on any atom is -0.480 e. The van der Waals surface area contributed by atoms with E-state index in [2.05, 4.69) is 10.3 Å². The SMILES string of the molecule is CCc1nc2ccccn2c1C(=O)NC(C(=O)O)C(C)CC. The van der Waals surface area contributed by atoms with Gasteiger partial charge < -0.3 is 10.4 Å². The molecule has 2 rings (SSSR count). The van der Waals surface area contributed by atoms with Gasteiger partial charge in [-0.25, -0.2) is 9.78 Å². The van der Waals surface area contributed by atoms with Crippen molar-refractivity contribution in [2.24, 2.45) is 5.92 Å². The summed E-state index contributed by atoms with van der Waals surface area (Å²) in [5, 5.41) is 12.0. The van der Waals surface area contributed by atoms with E-state index >= 15 is 0 Å². The first-order valence-electron chi connectivity index (χ1n) is 7.49. The summed E-state index contributed by atoms with van der Waals surface area (Å²) < 4.78 is 1.70. The topological polar surface area (TPSA) is 83.7 Å². The molecule has 118 valence electrons. The van der Waals surface area contributed by atoms with Gasteiger partial charge in [0.25, 0.3) is 5.91 Å². The third kappa shape index (κ3) is 2.95. The van der Waals surface area contributed by atoms with E-state index in [0.29, 0.717) is 29.9 Å². The number of rotatable bonds is 6. The summed E-state index contributed by atoms with van der Waals surface area (Å²) in [7, 11) is 0. The average molecular weight is 303 g/mol. The number of fused-ring (bicyclic) bond motifs is 1. The smallest absolute Gasteiger partial charge is 0.326 e. The van der Waals surface area contributed by atoms with E-state index < -0.39 is 17.9 Å². The van der Waals surface area contributed by atoms with E-state index in [1.54, 1.807) is 10.6 Å². The number of imidazole rings is 1. The van der Waals surface area contributed by atoms with E-state index in [9.17, 15) is 14.7 Å². The number of hydrogen-bond donors (Lipinski definition) is 2. The quantitative estimate of drug-likeness (QED) is 0.856. The van der Waals surface area contributed by atoms with Crippen molar-refractivity contribution in [3.63, 3.8) is 0 Å². The van der Waals surface area contributed by atoms with Crippen molar-refractivity contribution in [2.75, 3.05) is 0 Å². The first-order valence-corrected chi connectivity index (χ1v) is 7.49. The van der Waals surface area contributed by atoms with Crippen LogP contribution in [-0.2, 0) is 11.2 Å². The van der Waals surface area contributed by atoms with Gasteiger partial charge in [-0.15, -0.1) is 0 Å². The maximum absolute atomic E-state index is 12.6.